The van der Waals surface area contributed by atoms with Gasteiger partial charge in [-0.2, -0.15) is 0 Å². The molecule has 1 aliphatic heterocycles. The van der Waals surface area contributed by atoms with E-state index in [2.05, 4.69) is 26.3 Å². The molecule has 11 nitrogen and oxygen atoms in total. The number of hydrogen-bond donors (Lipinski definition) is 6. The van der Waals surface area contributed by atoms with Crippen LogP contribution in [0.4, 0.5) is 0 Å². The lowest BCUT2D eigenvalue weighted by Crippen LogP contribution is -2.59. The van der Waals surface area contributed by atoms with Crippen molar-refractivity contribution in [2.75, 3.05) is 6.54 Å². The lowest BCUT2D eigenvalue weighted by molar-refractivity contribution is -0.137. The predicted molar refractivity (Wildman–Crippen MR) is 152 cm³/mol. The van der Waals surface area contributed by atoms with Crippen LogP contribution in [0.15, 0.2) is 72.9 Å². The summed E-state index contributed by atoms with van der Waals surface area (Å²) in [4.78, 5) is 66.8. The van der Waals surface area contributed by atoms with Crippen molar-refractivity contribution in [2.24, 2.45) is 0 Å². The van der Waals surface area contributed by atoms with Crippen molar-refractivity contribution in [3.63, 3.8) is 0 Å². The average molecular weight is 560 g/mol. The maximum absolute atomic E-state index is 13.5. The molecule has 0 saturated carbocycles. The molecule has 214 valence electrons. The van der Waals surface area contributed by atoms with Crippen LogP contribution in [0.5, 0.6) is 0 Å². The fourth-order valence-corrected chi connectivity index (χ4v) is 4.66. The summed E-state index contributed by atoms with van der Waals surface area (Å²) in [6, 6.07) is 13.6. The second-order valence-corrected chi connectivity index (χ2v) is 9.85. The molecule has 2 heterocycles. The van der Waals surface area contributed by atoms with Crippen molar-refractivity contribution >= 4 is 40.5 Å². The number of carboxylic acid groups (broad SMARTS) is 1. The lowest BCUT2D eigenvalue weighted by Gasteiger charge is -2.26. The largest absolute Gasteiger partial charge is 0.481 e. The highest BCUT2D eigenvalue weighted by atomic mass is 16.4. The molecule has 0 spiro atoms. The Morgan fingerprint density at radius 2 is 1.49 bits per heavy atom. The average Bonchev–Trinajstić information content (AvgIpc) is 3.37. The van der Waals surface area contributed by atoms with Gasteiger partial charge in [0.25, 0.3) is 0 Å². The highest BCUT2D eigenvalue weighted by molar-refractivity contribution is 5.97. The quantitative estimate of drug-likeness (QED) is 0.216. The van der Waals surface area contributed by atoms with Crippen LogP contribution in [0.25, 0.3) is 10.9 Å². The fourth-order valence-electron chi connectivity index (χ4n) is 4.66. The smallest absolute Gasteiger partial charge is 0.303 e. The molecular formula is C30H33N5O6. The van der Waals surface area contributed by atoms with E-state index in [1.54, 1.807) is 18.3 Å². The van der Waals surface area contributed by atoms with Gasteiger partial charge in [-0.1, -0.05) is 60.7 Å². The van der Waals surface area contributed by atoms with Crippen molar-refractivity contribution in [2.45, 2.75) is 50.2 Å². The Morgan fingerprint density at radius 1 is 0.805 bits per heavy atom. The minimum absolute atomic E-state index is 0.0601. The molecule has 1 aromatic heterocycles. The summed E-state index contributed by atoms with van der Waals surface area (Å²) in [5, 5.41) is 20.5. The summed E-state index contributed by atoms with van der Waals surface area (Å²) in [5.74, 6) is -3.16. The number of carboxylic acids is 1. The van der Waals surface area contributed by atoms with E-state index in [4.69, 9.17) is 5.11 Å². The highest BCUT2D eigenvalue weighted by Gasteiger charge is 2.31. The van der Waals surface area contributed by atoms with E-state index in [0.29, 0.717) is 0 Å². The molecule has 4 amide bonds. The molecule has 11 heteroatoms. The number of benzene rings is 2. The summed E-state index contributed by atoms with van der Waals surface area (Å²) < 4.78 is 0. The topological polar surface area (TPSA) is 169 Å². The van der Waals surface area contributed by atoms with Gasteiger partial charge in [0.05, 0.1) is 6.54 Å². The third kappa shape index (κ3) is 8.28. The molecule has 1 fully saturated rings. The van der Waals surface area contributed by atoms with Crippen molar-refractivity contribution in [1.82, 2.24) is 26.3 Å². The number of rotatable bonds is 9. The molecular weight excluding hydrogens is 526 g/mol. The summed E-state index contributed by atoms with van der Waals surface area (Å²) in [7, 11) is 0. The number of aromatic nitrogens is 1. The molecule has 0 unspecified atom stereocenters. The van der Waals surface area contributed by atoms with Gasteiger partial charge in [0.1, 0.15) is 18.1 Å². The molecule has 1 aliphatic rings. The normalized spacial score (nSPS) is 20.4. The van der Waals surface area contributed by atoms with Crippen LogP contribution in [-0.4, -0.2) is 64.4 Å². The molecule has 0 bridgehead atoms. The molecule has 3 aromatic rings. The number of aromatic amines is 1. The van der Waals surface area contributed by atoms with Crippen LogP contribution in [0.2, 0.25) is 0 Å². The minimum atomic E-state index is -1.07. The van der Waals surface area contributed by atoms with Crippen LogP contribution >= 0.6 is 0 Å². The van der Waals surface area contributed by atoms with Crippen LogP contribution in [0, 0.1) is 0 Å². The number of carbonyl (C=O) groups excluding carboxylic acids is 4. The van der Waals surface area contributed by atoms with E-state index >= 15 is 0 Å². The molecule has 3 atom stereocenters. The number of para-hydroxylation sites is 1. The third-order valence-electron chi connectivity index (χ3n) is 6.79. The molecule has 0 radical (unpaired) electrons. The summed E-state index contributed by atoms with van der Waals surface area (Å²) in [5.41, 5.74) is 2.48. The van der Waals surface area contributed by atoms with E-state index in [9.17, 15) is 24.0 Å². The van der Waals surface area contributed by atoms with E-state index in [-0.39, 0.29) is 38.6 Å². The molecule has 1 saturated heterocycles. The van der Waals surface area contributed by atoms with Gasteiger partial charge in [0, 0.05) is 36.4 Å². The van der Waals surface area contributed by atoms with Crippen LogP contribution in [0.3, 0.4) is 0 Å². The summed E-state index contributed by atoms with van der Waals surface area (Å²) in [6.07, 6.45) is 5.60. The molecule has 41 heavy (non-hydrogen) atoms. The minimum Gasteiger partial charge on any atom is -0.481 e. The van der Waals surface area contributed by atoms with Crippen molar-refractivity contribution in [3.05, 3.63) is 84.1 Å². The first kappa shape index (κ1) is 29.1. The number of amides is 4. The first-order valence-electron chi connectivity index (χ1n) is 13.4. The van der Waals surface area contributed by atoms with E-state index in [1.807, 2.05) is 54.6 Å². The second kappa shape index (κ2) is 13.9. The van der Waals surface area contributed by atoms with Gasteiger partial charge in [-0.15, -0.1) is 0 Å². The van der Waals surface area contributed by atoms with Crippen LogP contribution < -0.4 is 21.3 Å². The number of hydrogen-bond acceptors (Lipinski definition) is 5. The number of nitrogens with one attached hydrogen (secondary N) is 5. The zero-order valence-corrected chi connectivity index (χ0v) is 22.4. The Bertz CT molecular complexity index is 1430. The molecule has 0 aliphatic carbocycles. The standard InChI is InChI=1S/C30H33N5O6/c36-26-18-32-28(39)25(16-20-17-31-22-12-8-7-11-21(20)22)35-29(40)23(13-5-2-6-14-27(37)38)34-30(41)24(33-26)15-19-9-3-1-4-10-19/h1-5,7-12,17,23-25,31H,6,13-16,18H2,(H,32,39)(H,33,36)(H,34,41)(H,35,40)(H,37,38)/b5-2-/t23-,24-,25-/m0/s1. The fraction of sp³-hybridized carbons (Fsp3) is 0.300. The lowest BCUT2D eigenvalue weighted by atomic mass is 10.0. The van der Waals surface area contributed by atoms with Crippen molar-refractivity contribution in [1.29, 1.82) is 0 Å². The van der Waals surface area contributed by atoms with E-state index < -0.39 is 47.7 Å². The third-order valence-corrected chi connectivity index (χ3v) is 6.79. The van der Waals surface area contributed by atoms with Gasteiger partial charge in [-0.25, -0.2) is 0 Å². The zero-order chi connectivity index (χ0) is 29.2. The van der Waals surface area contributed by atoms with E-state index in [0.717, 1.165) is 22.0 Å². The number of H-pyrrole nitrogens is 1. The van der Waals surface area contributed by atoms with Crippen molar-refractivity contribution in [3.8, 4) is 0 Å². The first-order valence-corrected chi connectivity index (χ1v) is 13.4. The van der Waals surface area contributed by atoms with Crippen LogP contribution in [0.1, 0.15) is 30.4 Å². The van der Waals surface area contributed by atoms with Gasteiger partial charge in [-0.05, 0) is 30.0 Å². The summed E-state index contributed by atoms with van der Waals surface area (Å²) >= 11 is 0. The van der Waals surface area contributed by atoms with Gasteiger partial charge in [0.2, 0.25) is 23.6 Å². The maximum Gasteiger partial charge on any atom is 0.303 e. The highest BCUT2D eigenvalue weighted by Crippen LogP contribution is 2.19. The zero-order valence-electron chi connectivity index (χ0n) is 22.4. The first-order chi connectivity index (χ1) is 19.8. The van der Waals surface area contributed by atoms with Gasteiger partial charge >= 0.3 is 5.97 Å². The predicted octanol–water partition coefficient (Wildman–Crippen LogP) is 1.35. The van der Waals surface area contributed by atoms with Gasteiger partial charge < -0.3 is 31.4 Å². The van der Waals surface area contributed by atoms with Crippen molar-refractivity contribution < 1.29 is 29.1 Å². The second-order valence-electron chi connectivity index (χ2n) is 9.85. The monoisotopic (exact) mass is 559 g/mol. The maximum atomic E-state index is 13.5. The van der Waals surface area contributed by atoms with Crippen LogP contribution in [-0.2, 0) is 36.8 Å². The number of fused-ring (bicyclic) bond motifs is 1. The SMILES string of the molecule is O=C(O)CC/C=C\C[C@@H]1NC(=O)[C@H](Cc2ccccc2)NC(=O)CNC(=O)[C@H](Cc2c[nH]c3ccccc23)NC1=O. The van der Waals surface area contributed by atoms with E-state index in [1.165, 1.54) is 0 Å². The number of allylic oxidation sites excluding steroid dienone is 1. The molecule has 4 rings (SSSR count). The number of carbonyl (C=O) groups is 5. The Hall–Kier alpha value is -4.93. The summed E-state index contributed by atoms with van der Waals surface area (Å²) in [6.45, 7) is -0.368. The Kier molecular flexibility index (Phi) is 9.87. The number of aliphatic carboxylic acids is 1. The molecule has 6 N–H and O–H groups in total. The Labute approximate surface area is 236 Å². The molecule has 2 aromatic carbocycles. The van der Waals surface area contributed by atoms with Gasteiger partial charge in [0.15, 0.2) is 0 Å². The van der Waals surface area contributed by atoms with Gasteiger partial charge in [-0.3, -0.25) is 24.0 Å². The Morgan fingerprint density at radius 3 is 2.27 bits per heavy atom. The Balaban J connectivity index is 1.58.